The Kier molecular flexibility index (Phi) is 5.77. The summed E-state index contributed by atoms with van der Waals surface area (Å²) >= 11 is 1.80. The molecule has 0 bridgehead atoms. The van der Waals surface area contributed by atoms with Crippen molar-refractivity contribution in [3.8, 4) is 0 Å². The Morgan fingerprint density at radius 2 is 1.80 bits per heavy atom. The first-order valence-electron chi connectivity index (χ1n) is 6.87. The number of nitrogens with one attached hydrogen (secondary N) is 2. The molecule has 1 amide bonds. The Hall–Kier alpha value is -1.65. The summed E-state index contributed by atoms with van der Waals surface area (Å²) in [4.78, 5) is 14.4. The van der Waals surface area contributed by atoms with Gasteiger partial charge in [0, 0.05) is 22.8 Å². The number of benzene rings is 1. The number of hydrogen-bond acceptors (Lipinski definition) is 3. The van der Waals surface area contributed by atoms with Crippen molar-refractivity contribution in [3.63, 3.8) is 0 Å². The van der Waals surface area contributed by atoms with Gasteiger partial charge in [0.1, 0.15) is 0 Å². The average Bonchev–Trinajstić information content (AvgIpc) is 2.94. The quantitative estimate of drug-likeness (QED) is 0.822. The molecule has 2 rings (SSSR count). The molecule has 2 N–H and O–H groups in total. The molecule has 0 saturated heterocycles. The van der Waals surface area contributed by atoms with Crippen molar-refractivity contribution < 1.29 is 4.79 Å². The summed E-state index contributed by atoms with van der Waals surface area (Å²) in [5.74, 6) is 0.0288. The third kappa shape index (κ3) is 4.79. The molecule has 0 aliphatic rings. The zero-order chi connectivity index (χ0) is 14.2. The maximum absolute atomic E-state index is 11.7. The smallest absolute Gasteiger partial charge is 0.234 e. The van der Waals surface area contributed by atoms with Gasteiger partial charge in [-0.2, -0.15) is 0 Å². The van der Waals surface area contributed by atoms with E-state index in [2.05, 4.69) is 29.7 Å². The molecule has 0 atom stereocenters. The van der Waals surface area contributed by atoms with Crippen LogP contribution in [0.2, 0.25) is 0 Å². The number of thiophene rings is 1. The molecule has 0 spiro atoms. The number of carbonyl (C=O) groups excluding carboxylic acids is 1. The van der Waals surface area contributed by atoms with Crippen molar-refractivity contribution in [1.82, 2.24) is 10.6 Å². The Morgan fingerprint density at radius 3 is 2.50 bits per heavy atom. The zero-order valence-electron chi connectivity index (χ0n) is 11.7. The van der Waals surface area contributed by atoms with Gasteiger partial charge in [0.25, 0.3) is 0 Å². The van der Waals surface area contributed by atoms with Crippen LogP contribution in [0.4, 0.5) is 0 Å². The summed E-state index contributed by atoms with van der Waals surface area (Å²) in [6.45, 7) is 3.84. The Labute approximate surface area is 124 Å². The molecule has 0 unspecified atom stereocenters. The van der Waals surface area contributed by atoms with Crippen molar-refractivity contribution in [2.24, 2.45) is 0 Å². The van der Waals surface area contributed by atoms with Crippen molar-refractivity contribution >= 4 is 17.2 Å². The van der Waals surface area contributed by atoms with Gasteiger partial charge in [-0.1, -0.05) is 37.3 Å². The van der Waals surface area contributed by atoms with Crippen molar-refractivity contribution in [3.05, 3.63) is 57.8 Å². The molecule has 20 heavy (non-hydrogen) atoms. The second-order valence-corrected chi connectivity index (χ2v) is 5.84. The lowest BCUT2D eigenvalue weighted by Gasteiger charge is -2.06. The first-order valence-corrected chi connectivity index (χ1v) is 7.68. The van der Waals surface area contributed by atoms with E-state index in [1.165, 1.54) is 9.75 Å². The van der Waals surface area contributed by atoms with Gasteiger partial charge in [0.05, 0.1) is 6.54 Å². The summed E-state index contributed by atoms with van der Waals surface area (Å²) < 4.78 is 0. The largest absolute Gasteiger partial charge is 0.351 e. The van der Waals surface area contributed by atoms with E-state index >= 15 is 0 Å². The van der Waals surface area contributed by atoms with Gasteiger partial charge in [0.2, 0.25) is 5.91 Å². The highest BCUT2D eigenvalue weighted by Gasteiger charge is 2.02. The molecule has 1 aromatic carbocycles. The van der Waals surface area contributed by atoms with Crippen LogP contribution in [0.3, 0.4) is 0 Å². The maximum atomic E-state index is 11.7. The van der Waals surface area contributed by atoms with E-state index in [9.17, 15) is 4.79 Å². The first kappa shape index (κ1) is 14.8. The number of rotatable bonds is 7. The first-order chi connectivity index (χ1) is 9.78. The normalized spacial score (nSPS) is 10.4. The summed E-state index contributed by atoms with van der Waals surface area (Å²) in [5, 5.41) is 6.08. The van der Waals surface area contributed by atoms with Gasteiger partial charge < -0.3 is 10.6 Å². The van der Waals surface area contributed by atoms with E-state index in [4.69, 9.17) is 0 Å². The molecular weight excluding hydrogens is 268 g/mol. The second kappa shape index (κ2) is 7.82. The second-order valence-electron chi connectivity index (χ2n) is 4.59. The van der Waals surface area contributed by atoms with Gasteiger partial charge in [-0.3, -0.25) is 4.79 Å². The fraction of sp³-hybridized carbons (Fsp3) is 0.312. The fourth-order valence-electron chi connectivity index (χ4n) is 1.87. The Bertz CT molecular complexity index is 536. The Balaban J connectivity index is 1.65. The number of amides is 1. The third-order valence-corrected chi connectivity index (χ3v) is 4.21. The predicted molar refractivity (Wildman–Crippen MR) is 83.7 cm³/mol. The molecule has 0 fully saturated rings. The minimum atomic E-state index is 0.0288. The third-order valence-electron chi connectivity index (χ3n) is 2.98. The van der Waals surface area contributed by atoms with Gasteiger partial charge >= 0.3 is 0 Å². The molecule has 0 aliphatic heterocycles. The molecule has 4 heteroatoms. The fourth-order valence-corrected chi connectivity index (χ4v) is 2.79. The average molecular weight is 288 g/mol. The van der Waals surface area contributed by atoms with Crippen LogP contribution in [0.25, 0.3) is 0 Å². The van der Waals surface area contributed by atoms with E-state index in [0.717, 1.165) is 18.5 Å². The lowest BCUT2D eigenvalue weighted by Crippen LogP contribution is -2.33. The van der Waals surface area contributed by atoms with Crippen LogP contribution in [0.15, 0.2) is 42.5 Å². The summed E-state index contributed by atoms with van der Waals surface area (Å²) in [5.41, 5.74) is 1.12. The summed E-state index contributed by atoms with van der Waals surface area (Å²) in [7, 11) is 0. The van der Waals surface area contributed by atoms with Crippen LogP contribution in [0.5, 0.6) is 0 Å². The highest BCUT2D eigenvalue weighted by Crippen LogP contribution is 2.16. The van der Waals surface area contributed by atoms with Crippen LogP contribution < -0.4 is 10.6 Å². The van der Waals surface area contributed by atoms with Gasteiger partial charge in [-0.05, 0) is 24.1 Å². The number of hydrogen-bond donors (Lipinski definition) is 2. The van der Waals surface area contributed by atoms with E-state index in [-0.39, 0.29) is 5.91 Å². The van der Waals surface area contributed by atoms with Crippen molar-refractivity contribution in [2.75, 3.05) is 6.54 Å². The Morgan fingerprint density at radius 1 is 1.05 bits per heavy atom. The molecule has 0 saturated carbocycles. The molecule has 2 aromatic rings. The van der Waals surface area contributed by atoms with Crippen LogP contribution in [0, 0.1) is 0 Å². The lowest BCUT2D eigenvalue weighted by atomic mass is 10.2. The lowest BCUT2D eigenvalue weighted by molar-refractivity contribution is -0.120. The monoisotopic (exact) mass is 288 g/mol. The molecule has 3 nitrogen and oxygen atoms in total. The van der Waals surface area contributed by atoms with Crippen molar-refractivity contribution in [1.29, 1.82) is 0 Å². The van der Waals surface area contributed by atoms with Crippen LogP contribution in [0.1, 0.15) is 22.2 Å². The zero-order valence-corrected chi connectivity index (χ0v) is 12.5. The highest BCUT2D eigenvalue weighted by atomic mass is 32.1. The molecule has 106 valence electrons. The SMILES string of the molecule is CCc1ccc(CNCC(=O)NCc2ccccc2)s1. The molecule has 0 aliphatic carbocycles. The maximum Gasteiger partial charge on any atom is 0.234 e. The minimum absolute atomic E-state index is 0.0288. The van der Waals surface area contributed by atoms with E-state index in [0.29, 0.717) is 13.1 Å². The van der Waals surface area contributed by atoms with E-state index in [1.807, 2.05) is 30.3 Å². The van der Waals surface area contributed by atoms with E-state index in [1.54, 1.807) is 11.3 Å². The standard InChI is InChI=1S/C16H20N2OS/c1-2-14-8-9-15(20-14)11-17-12-16(19)18-10-13-6-4-3-5-7-13/h3-9,17H,2,10-12H2,1H3,(H,18,19). The predicted octanol–water partition coefficient (Wildman–Crippen LogP) is 2.72. The van der Waals surface area contributed by atoms with Gasteiger partial charge in [-0.15, -0.1) is 11.3 Å². The van der Waals surface area contributed by atoms with Gasteiger partial charge in [-0.25, -0.2) is 0 Å². The molecule has 1 aromatic heterocycles. The summed E-state index contributed by atoms with van der Waals surface area (Å²) in [6, 6.07) is 14.2. The minimum Gasteiger partial charge on any atom is -0.351 e. The molecule has 1 heterocycles. The molecular formula is C16H20N2OS. The van der Waals surface area contributed by atoms with Crippen LogP contribution in [-0.2, 0) is 24.3 Å². The molecule has 0 radical (unpaired) electrons. The summed E-state index contributed by atoms with van der Waals surface area (Å²) in [6.07, 6.45) is 1.07. The van der Waals surface area contributed by atoms with Crippen LogP contribution >= 0.6 is 11.3 Å². The number of carbonyl (C=O) groups is 1. The van der Waals surface area contributed by atoms with Crippen molar-refractivity contribution in [2.45, 2.75) is 26.4 Å². The van der Waals surface area contributed by atoms with Crippen LogP contribution in [-0.4, -0.2) is 12.5 Å². The van der Waals surface area contributed by atoms with Gasteiger partial charge in [0.15, 0.2) is 0 Å². The van der Waals surface area contributed by atoms with E-state index < -0.39 is 0 Å². The number of aryl methyl sites for hydroxylation is 1. The topological polar surface area (TPSA) is 41.1 Å². The highest BCUT2D eigenvalue weighted by molar-refractivity contribution is 7.11.